The maximum absolute atomic E-state index is 14.0. The lowest BCUT2D eigenvalue weighted by Crippen LogP contribution is -2.52. The second-order valence-electron chi connectivity index (χ2n) is 9.77. The summed E-state index contributed by atoms with van der Waals surface area (Å²) in [6.07, 6.45) is 0. The molecule has 0 bridgehead atoms. The first-order chi connectivity index (χ1) is 18.3. The summed E-state index contributed by atoms with van der Waals surface area (Å²) in [5.41, 5.74) is 2.62. The molecule has 0 aliphatic carbocycles. The average molecular weight is 591 g/mol. The topological polar surface area (TPSA) is 86.8 Å². The maximum atomic E-state index is 14.0. The van der Waals surface area contributed by atoms with Crippen molar-refractivity contribution >= 4 is 50.7 Å². The molecule has 0 aromatic heterocycles. The number of benzene rings is 3. The zero-order valence-electron chi connectivity index (χ0n) is 22.6. The molecule has 0 aliphatic rings. The van der Waals surface area contributed by atoms with Crippen LogP contribution in [0.4, 0.5) is 5.69 Å². The molecule has 0 fully saturated rings. The SMILES string of the molecule is Cc1cc(C)cc(N(CC(=O)N(Cc2ccc(Cl)cc2Cl)C(C)C(=O)NC(C)C)S(=O)(=O)c2ccccc2)c1. The molecule has 0 heterocycles. The smallest absolute Gasteiger partial charge is 0.264 e. The highest BCUT2D eigenvalue weighted by molar-refractivity contribution is 7.92. The Balaban J connectivity index is 2.07. The van der Waals surface area contributed by atoms with Crippen LogP contribution in [-0.2, 0) is 26.2 Å². The van der Waals surface area contributed by atoms with Crippen LogP contribution in [0.2, 0.25) is 10.0 Å². The van der Waals surface area contributed by atoms with E-state index in [0.29, 0.717) is 21.3 Å². The van der Waals surface area contributed by atoms with E-state index in [0.717, 1.165) is 15.4 Å². The molecule has 10 heteroatoms. The Morgan fingerprint density at radius 3 is 2.08 bits per heavy atom. The third-order valence-corrected chi connectivity index (χ3v) is 8.43. The van der Waals surface area contributed by atoms with Crippen molar-refractivity contribution in [1.29, 1.82) is 0 Å². The van der Waals surface area contributed by atoms with Gasteiger partial charge in [0.1, 0.15) is 12.6 Å². The third kappa shape index (κ3) is 7.75. The van der Waals surface area contributed by atoms with E-state index in [1.165, 1.54) is 17.0 Å². The standard InChI is InChI=1S/C29H33Cl2N3O4S/c1-19(2)32-29(36)22(5)33(17-23-11-12-24(30)16-27(23)31)28(35)18-34(25-14-20(3)13-21(4)15-25)39(37,38)26-9-7-6-8-10-26/h6-16,19,22H,17-18H2,1-5H3,(H,32,36). The van der Waals surface area contributed by atoms with E-state index >= 15 is 0 Å². The predicted octanol–water partition coefficient (Wildman–Crippen LogP) is 5.75. The van der Waals surface area contributed by atoms with Crippen molar-refractivity contribution in [1.82, 2.24) is 10.2 Å². The normalized spacial score (nSPS) is 12.2. The average Bonchev–Trinajstić information content (AvgIpc) is 2.85. The van der Waals surface area contributed by atoms with Crippen LogP contribution in [0.25, 0.3) is 0 Å². The van der Waals surface area contributed by atoms with Gasteiger partial charge in [-0.2, -0.15) is 0 Å². The van der Waals surface area contributed by atoms with Crippen molar-refractivity contribution < 1.29 is 18.0 Å². The van der Waals surface area contributed by atoms with Crippen molar-refractivity contribution in [2.45, 2.75) is 58.1 Å². The van der Waals surface area contributed by atoms with Crippen molar-refractivity contribution in [3.63, 3.8) is 0 Å². The lowest BCUT2D eigenvalue weighted by molar-refractivity contribution is -0.139. The number of hydrogen-bond acceptors (Lipinski definition) is 4. The quantitative estimate of drug-likeness (QED) is 0.326. The number of amides is 2. The van der Waals surface area contributed by atoms with Crippen LogP contribution in [0.15, 0.2) is 71.6 Å². The number of carbonyl (C=O) groups is 2. The lowest BCUT2D eigenvalue weighted by atomic mass is 10.1. The van der Waals surface area contributed by atoms with Gasteiger partial charge < -0.3 is 10.2 Å². The van der Waals surface area contributed by atoms with Crippen LogP contribution in [-0.4, -0.2) is 43.8 Å². The lowest BCUT2D eigenvalue weighted by Gasteiger charge is -2.32. The van der Waals surface area contributed by atoms with Gasteiger partial charge in [0.25, 0.3) is 10.0 Å². The molecule has 3 rings (SSSR count). The Kier molecular flexibility index (Phi) is 10.0. The Morgan fingerprint density at radius 1 is 0.897 bits per heavy atom. The molecule has 3 aromatic rings. The minimum Gasteiger partial charge on any atom is -0.352 e. The highest BCUT2D eigenvalue weighted by Crippen LogP contribution is 2.28. The van der Waals surface area contributed by atoms with Gasteiger partial charge >= 0.3 is 0 Å². The van der Waals surface area contributed by atoms with Crippen LogP contribution in [0.3, 0.4) is 0 Å². The van der Waals surface area contributed by atoms with Crippen molar-refractivity contribution in [3.05, 3.63) is 93.5 Å². The van der Waals surface area contributed by atoms with Crippen molar-refractivity contribution in [2.24, 2.45) is 0 Å². The summed E-state index contributed by atoms with van der Waals surface area (Å²) in [5, 5.41) is 3.59. The van der Waals surface area contributed by atoms with E-state index in [2.05, 4.69) is 5.32 Å². The Hall–Kier alpha value is -3.07. The number of aryl methyl sites for hydroxylation is 2. The highest BCUT2D eigenvalue weighted by Gasteiger charge is 2.33. The van der Waals surface area contributed by atoms with E-state index in [-0.39, 0.29) is 23.4 Å². The van der Waals surface area contributed by atoms with Gasteiger partial charge in [0.05, 0.1) is 10.6 Å². The zero-order valence-corrected chi connectivity index (χ0v) is 24.9. The summed E-state index contributed by atoms with van der Waals surface area (Å²) in [6, 6.07) is 17.1. The molecule has 3 aromatic carbocycles. The minimum absolute atomic E-state index is 0.0203. The number of anilines is 1. The molecular formula is C29H33Cl2N3O4S. The molecule has 39 heavy (non-hydrogen) atoms. The van der Waals surface area contributed by atoms with E-state index < -0.39 is 28.5 Å². The Morgan fingerprint density at radius 2 is 1.51 bits per heavy atom. The second kappa shape index (κ2) is 12.9. The van der Waals surface area contributed by atoms with Gasteiger partial charge in [-0.3, -0.25) is 13.9 Å². The fourth-order valence-electron chi connectivity index (χ4n) is 4.16. The van der Waals surface area contributed by atoms with Crippen LogP contribution in [0.1, 0.15) is 37.5 Å². The minimum atomic E-state index is -4.13. The van der Waals surface area contributed by atoms with Crippen LogP contribution < -0.4 is 9.62 Å². The van der Waals surface area contributed by atoms with E-state index in [1.54, 1.807) is 55.5 Å². The number of nitrogens with one attached hydrogen (secondary N) is 1. The van der Waals surface area contributed by atoms with Crippen molar-refractivity contribution in [3.8, 4) is 0 Å². The third-order valence-electron chi connectivity index (χ3n) is 6.06. The fourth-order valence-corrected chi connectivity index (χ4v) is 6.05. The van der Waals surface area contributed by atoms with Gasteiger partial charge in [0, 0.05) is 22.6 Å². The molecule has 0 radical (unpaired) electrons. The largest absolute Gasteiger partial charge is 0.352 e. The number of sulfonamides is 1. The van der Waals surface area contributed by atoms with E-state index in [4.69, 9.17) is 23.2 Å². The van der Waals surface area contributed by atoms with Crippen LogP contribution in [0.5, 0.6) is 0 Å². The Bertz CT molecular complexity index is 1430. The Labute approximate surface area is 240 Å². The van der Waals surface area contributed by atoms with Crippen LogP contribution >= 0.6 is 23.2 Å². The molecule has 0 saturated carbocycles. The summed E-state index contributed by atoms with van der Waals surface area (Å²) in [7, 11) is -4.13. The first-order valence-electron chi connectivity index (χ1n) is 12.5. The van der Waals surface area contributed by atoms with Gasteiger partial charge in [0.15, 0.2) is 0 Å². The first kappa shape index (κ1) is 30.5. The summed E-state index contributed by atoms with van der Waals surface area (Å²) >= 11 is 12.5. The van der Waals surface area contributed by atoms with Gasteiger partial charge in [-0.25, -0.2) is 8.42 Å². The van der Waals surface area contributed by atoms with Gasteiger partial charge in [-0.1, -0.05) is 53.5 Å². The molecule has 7 nitrogen and oxygen atoms in total. The zero-order chi connectivity index (χ0) is 28.9. The molecule has 1 atom stereocenters. The van der Waals surface area contributed by atoms with Crippen molar-refractivity contribution in [2.75, 3.05) is 10.8 Å². The number of halogens is 2. The van der Waals surface area contributed by atoms with Gasteiger partial charge in [-0.15, -0.1) is 0 Å². The van der Waals surface area contributed by atoms with E-state index in [9.17, 15) is 18.0 Å². The number of hydrogen-bond donors (Lipinski definition) is 1. The summed E-state index contributed by atoms with van der Waals surface area (Å²) in [6.45, 7) is 8.42. The maximum Gasteiger partial charge on any atom is 0.264 e. The molecule has 1 N–H and O–H groups in total. The fraction of sp³-hybridized carbons (Fsp3) is 0.310. The number of rotatable bonds is 10. The highest BCUT2D eigenvalue weighted by atomic mass is 35.5. The molecule has 208 valence electrons. The number of nitrogens with zero attached hydrogens (tertiary/aromatic N) is 2. The van der Waals surface area contributed by atoms with Crippen LogP contribution in [0, 0.1) is 13.8 Å². The van der Waals surface area contributed by atoms with Gasteiger partial charge in [0.2, 0.25) is 11.8 Å². The first-order valence-corrected chi connectivity index (χ1v) is 14.7. The van der Waals surface area contributed by atoms with E-state index in [1.807, 2.05) is 33.8 Å². The molecule has 0 aliphatic heterocycles. The molecular weight excluding hydrogens is 557 g/mol. The molecule has 2 amide bonds. The summed E-state index contributed by atoms with van der Waals surface area (Å²) in [5.74, 6) is -0.932. The van der Waals surface area contributed by atoms with Gasteiger partial charge in [-0.05, 0) is 87.7 Å². The molecule has 0 spiro atoms. The predicted molar refractivity (Wildman–Crippen MR) is 157 cm³/mol. The molecule has 0 saturated heterocycles. The second-order valence-corrected chi connectivity index (χ2v) is 12.5. The summed E-state index contributed by atoms with van der Waals surface area (Å²) < 4.78 is 28.8. The molecule has 1 unspecified atom stereocenters. The number of carbonyl (C=O) groups excluding carboxylic acids is 2. The summed E-state index contributed by atoms with van der Waals surface area (Å²) in [4.78, 5) is 28.3. The monoisotopic (exact) mass is 589 g/mol.